The molecule has 0 saturated heterocycles. The summed E-state index contributed by atoms with van der Waals surface area (Å²) < 4.78 is 31.5. The number of halogens is 2. The van der Waals surface area contributed by atoms with Crippen molar-refractivity contribution >= 4 is 5.91 Å². The maximum absolute atomic E-state index is 12.7. The molecule has 4 rings (SSSR count). The van der Waals surface area contributed by atoms with Crippen molar-refractivity contribution in [2.24, 2.45) is 7.05 Å². The first kappa shape index (κ1) is 18.3. The molecular weight excluding hydrogens is 368 g/mol. The van der Waals surface area contributed by atoms with Crippen LogP contribution < -0.4 is 5.32 Å². The molecule has 0 saturated carbocycles. The number of carbonyl (C=O) groups is 1. The van der Waals surface area contributed by atoms with Crippen LogP contribution in [0.25, 0.3) is 11.4 Å². The van der Waals surface area contributed by atoms with Crippen molar-refractivity contribution in [1.82, 2.24) is 25.2 Å². The Hall–Kier alpha value is -3.10. The minimum atomic E-state index is -2.80. The van der Waals surface area contributed by atoms with Gasteiger partial charge in [-0.2, -0.15) is 18.9 Å². The average molecular weight is 387 g/mol. The largest absolute Gasteiger partial charge is 0.345 e. The van der Waals surface area contributed by atoms with E-state index in [4.69, 9.17) is 0 Å². The fourth-order valence-corrected chi connectivity index (χ4v) is 3.57. The van der Waals surface area contributed by atoms with E-state index in [9.17, 15) is 13.6 Å². The molecule has 28 heavy (non-hydrogen) atoms. The zero-order chi connectivity index (χ0) is 19.8. The van der Waals surface area contributed by atoms with Crippen molar-refractivity contribution in [3.63, 3.8) is 0 Å². The summed E-state index contributed by atoms with van der Waals surface area (Å²) in [4.78, 5) is 16.4. The lowest BCUT2D eigenvalue weighted by molar-refractivity contribution is 0.0935. The average Bonchev–Trinajstić information content (AvgIpc) is 3.39. The normalized spacial score (nSPS) is 15.8. The SMILES string of the molecule is CCc1nn(C)cc1C(=O)NC1CCc2cc(-c3noc(C(F)F)n3)ccc21. The first-order chi connectivity index (χ1) is 13.5. The van der Waals surface area contributed by atoms with Crippen molar-refractivity contribution in [2.75, 3.05) is 0 Å². The van der Waals surface area contributed by atoms with Crippen LogP contribution in [0.3, 0.4) is 0 Å². The summed E-state index contributed by atoms with van der Waals surface area (Å²) >= 11 is 0. The van der Waals surface area contributed by atoms with Crippen LogP contribution in [-0.2, 0) is 19.9 Å². The van der Waals surface area contributed by atoms with Crippen LogP contribution in [0.5, 0.6) is 0 Å². The Morgan fingerprint density at radius 2 is 2.25 bits per heavy atom. The highest BCUT2D eigenvalue weighted by molar-refractivity contribution is 5.95. The number of hydrogen-bond acceptors (Lipinski definition) is 5. The van der Waals surface area contributed by atoms with Crippen molar-refractivity contribution in [3.05, 3.63) is 52.7 Å². The maximum Gasteiger partial charge on any atom is 0.315 e. The van der Waals surface area contributed by atoms with Gasteiger partial charge in [0.1, 0.15) is 0 Å². The second-order valence-corrected chi connectivity index (χ2v) is 6.75. The van der Waals surface area contributed by atoms with Crippen LogP contribution in [0, 0.1) is 0 Å². The molecule has 0 fully saturated rings. The number of amides is 1. The van der Waals surface area contributed by atoms with Gasteiger partial charge in [0.05, 0.1) is 17.3 Å². The Morgan fingerprint density at radius 1 is 1.43 bits per heavy atom. The summed E-state index contributed by atoms with van der Waals surface area (Å²) in [6, 6.07) is 5.39. The number of nitrogens with zero attached hydrogens (tertiary/aromatic N) is 4. The standard InChI is InChI=1S/C19H19F2N5O2/c1-3-14-13(9-26(2)24-14)18(27)22-15-7-5-10-8-11(4-6-12(10)15)17-23-19(16(20)21)28-25-17/h4,6,8-9,15-16H,3,5,7H2,1-2H3,(H,22,27). The lowest BCUT2D eigenvalue weighted by Gasteiger charge is -2.14. The first-order valence-electron chi connectivity index (χ1n) is 9.04. The highest BCUT2D eigenvalue weighted by Gasteiger charge is 2.27. The maximum atomic E-state index is 12.7. The van der Waals surface area contributed by atoms with Crippen LogP contribution in [0.2, 0.25) is 0 Å². The Bertz CT molecular complexity index is 1030. The molecule has 3 aromatic rings. The second-order valence-electron chi connectivity index (χ2n) is 6.75. The summed E-state index contributed by atoms with van der Waals surface area (Å²) in [7, 11) is 1.79. The van der Waals surface area contributed by atoms with Gasteiger partial charge >= 0.3 is 6.43 Å². The smallest absolute Gasteiger partial charge is 0.315 e. The lowest BCUT2D eigenvalue weighted by atomic mass is 10.0. The van der Waals surface area contributed by atoms with Crippen LogP contribution >= 0.6 is 0 Å². The van der Waals surface area contributed by atoms with E-state index in [1.54, 1.807) is 24.0 Å². The minimum absolute atomic E-state index is 0.108. The molecule has 9 heteroatoms. The molecule has 2 heterocycles. The number of fused-ring (bicyclic) bond motifs is 1. The molecule has 146 valence electrons. The van der Waals surface area contributed by atoms with Crippen molar-refractivity contribution < 1.29 is 18.1 Å². The number of benzene rings is 1. The van der Waals surface area contributed by atoms with Crippen molar-refractivity contribution in [3.8, 4) is 11.4 Å². The molecule has 0 bridgehead atoms. The summed E-state index contributed by atoms with van der Waals surface area (Å²) in [5.74, 6) is -0.705. The molecule has 1 atom stereocenters. The van der Waals surface area contributed by atoms with E-state index in [2.05, 4.69) is 25.1 Å². The molecule has 1 unspecified atom stereocenters. The third kappa shape index (κ3) is 3.28. The predicted molar refractivity (Wildman–Crippen MR) is 95.8 cm³/mol. The Labute approximate surface area is 159 Å². The van der Waals surface area contributed by atoms with Gasteiger partial charge in [-0.15, -0.1) is 0 Å². The molecular formula is C19H19F2N5O2. The molecule has 0 spiro atoms. The van der Waals surface area contributed by atoms with E-state index < -0.39 is 12.3 Å². The van der Waals surface area contributed by atoms with E-state index in [1.807, 2.05) is 19.1 Å². The lowest BCUT2D eigenvalue weighted by Crippen LogP contribution is -2.27. The number of rotatable bonds is 5. The van der Waals surface area contributed by atoms with Gasteiger partial charge < -0.3 is 9.84 Å². The predicted octanol–water partition coefficient (Wildman–Crippen LogP) is 3.39. The van der Waals surface area contributed by atoms with E-state index in [1.165, 1.54) is 0 Å². The summed E-state index contributed by atoms with van der Waals surface area (Å²) in [5.41, 5.74) is 4.01. The van der Waals surface area contributed by atoms with Crippen LogP contribution in [0.4, 0.5) is 8.78 Å². The van der Waals surface area contributed by atoms with Crippen LogP contribution in [0.15, 0.2) is 28.9 Å². The summed E-state index contributed by atoms with van der Waals surface area (Å²) in [6.45, 7) is 1.96. The van der Waals surface area contributed by atoms with E-state index in [0.717, 1.165) is 29.7 Å². The van der Waals surface area contributed by atoms with Crippen LogP contribution in [-0.4, -0.2) is 25.8 Å². The number of nitrogens with one attached hydrogen (secondary N) is 1. The number of aryl methyl sites for hydroxylation is 3. The van der Waals surface area contributed by atoms with Crippen molar-refractivity contribution in [1.29, 1.82) is 0 Å². The molecule has 1 aliphatic rings. The molecule has 0 aliphatic heterocycles. The van der Waals surface area contributed by atoms with E-state index in [-0.39, 0.29) is 17.8 Å². The molecule has 0 radical (unpaired) electrons. The Kier molecular flexibility index (Phi) is 4.66. The van der Waals surface area contributed by atoms with Gasteiger partial charge in [-0.3, -0.25) is 9.48 Å². The molecule has 7 nitrogen and oxygen atoms in total. The van der Waals surface area contributed by atoms with Gasteiger partial charge in [0.15, 0.2) is 0 Å². The molecule has 1 amide bonds. The van der Waals surface area contributed by atoms with Gasteiger partial charge in [-0.05, 0) is 36.5 Å². The highest BCUT2D eigenvalue weighted by Crippen LogP contribution is 2.34. The highest BCUT2D eigenvalue weighted by atomic mass is 19.3. The Balaban J connectivity index is 1.54. The zero-order valence-corrected chi connectivity index (χ0v) is 15.4. The number of hydrogen-bond donors (Lipinski definition) is 1. The third-order valence-electron chi connectivity index (χ3n) is 4.90. The van der Waals surface area contributed by atoms with Gasteiger partial charge in [0, 0.05) is 18.8 Å². The third-order valence-corrected chi connectivity index (χ3v) is 4.90. The molecule has 1 aliphatic carbocycles. The molecule has 2 aromatic heterocycles. The quantitative estimate of drug-likeness (QED) is 0.725. The monoisotopic (exact) mass is 387 g/mol. The minimum Gasteiger partial charge on any atom is -0.345 e. The van der Waals surface area contributed by atoms with Crippen LogP contribution in [0.1, 0.15) is 58.9 Å². The first-order valence-corrected chi connectivity index (χ1v) is 9.04. The Morgan fingerprint density at radius 3 is 2.96 bits per heavy atom. The molecule has 1 aromatic carbocycles. The second kappa shape index (κ2) is 7.14. The number of aromatic nitrogens is 4. The van der Waals surface area contributed by atoms with Gasteiger partial charge in [0.2, 0.25) is 5.82 Å². The fraction of sp³-hybridized carbons (Fsp3) is 0.368. The summed E-state index contributed by atoms with van der Waals surface area (Å²) in [5, 5.41) is 11.0. The van der Waals surface area contributed by atoms with Gasteiger partial charge in [0.25, 0.3) is 11.8 Å². The number of carbonyl (C=O) groups excluding carboxylic acids is 1. The number of alkyl halides is 2. The van der Waals surface area contributed by atoms with Gasteiger partial charge in [-0.1, -0.05) is 24.2 Å². The molecule has 1 N–H and O–H groups in total. The fourth-order valence-electron chi connectivity index (χ4n) is 3.57. The summed E-state index contributed by atoms with van der Waals surface area (Å²) in [6.07, 6.45) is 1.14. The van der Waals surface area contributed by atoms with E-state index in [0.29, 0.717) is 17.5 Å². The van der Waals surface area contributed by atoms with Gasteiger partial charge in [-0.25, -0.2) is 0 Å². The topological polar surface area (TPSA) is 85.8 Å². The van der Waals surface area contributed by atoms with E-state index >= 15 is 0 Å². The van der Waals surface area contributed by atoms with Crippen molar-refractivity contribution in [2.45, 2.75) is 38.7 Å². The zero-order valence-electron chi connectivity index (χ0n) is 15.4.